The largest absolute Gasteiger partial charge is 0.423 e. The smallest absolute Gasteiger partial charge is 0.343 e. The molecule has 0 spiro atoms. The minimum absolute atomic E-state index is 0.0466. The number of carbonyl (C=O) groups excluding carboxylic acids is 1. The van der Waals surface area contributed by atoms with Crippen molar-refractivity contribution < 1.29 is 22.9 Å². The van der Waals surface area contributed by atoms with Crippen molar-refractivity contribution in [2.24, 2.45) is 5.10 Å². The van der Waals surface area contributed by atoms with E-state index in [1.165, 1.54) is 48.7 Å². The Bertz CT molecular complexity index is 1240. The van der Waals surface area contributed by atoms with Gasteiger partial charge in [0.25, 0.3) is 15.7 Å². The minimum atomic E-state index is -3.78. The van der Waals surface area contributed by atoms with E-state index >= 15 is 0 Å². The predicted molar refractivity (Wildman–Crippen MR) is 114 cm³/mol. The molecule has 0 fully saturated rings. The summed E-state index contributed by atoms with van der Waals surface area (Å²) in [5.74, 6) is -0.523. The Labute approximate surface area is 178 Å². The summed E-state index contributed by atoms with van der Waals surface area (Å²) >= 11 is 0. The zero-order valence-electron chi connectivity index (χ0n) is 16.3. The third kappa shape index (κ3) is 5.73. The topological polar surface area (TPSA) is 128 Å². The van der Waals surface area contributed by atoms with E-state index < -0.39 is 20.9 Å². The van der Waals surface area contributed by atoms with Crippen LogP contribution < -0.4 is 9.57 Å². The van der Waals surface area contributed by atoms with Crippen molar-refractivity contribution in [3.05, 3.63) is 99.6 Å². The van der Waals surface area contributed by atoms with Gasteiger partial charge in [-0.05, 0) is 55.0 Å². The number of hydrogen-bond donors (Lipinski definition) is 1. The number of nitrogens with one attached hydrogen (secondary N) is 1. The SMILES string of the molecule is Cc1ccc(S(=O)(=O)N/N=C\c2ccc(OC(=O)c3cccc([N+](=O)[O-])c3)cc2)cc1. The normalized spacial score (nSPS) is 11.3. The van der Waals surface area contributed by atoms with Gasteiger partial charge in [-0.15, -0.1) is 0 Å². The summed E-state index contributed by atoms with van der Waals surface area (Å²) in [4.78, 5) is 24.6. The highest BCUT2D eigenvalue weighted by Crippen LogP contribution is 2.17. The molecule has 0 radical (unpaired) electrons. The van der Waals surface area contributed by atoms with Crippen LogP contribution >= 0.6 is 0 Å². The van der Waals surface area contributed by atoms with Crippen molar-refractivity contribution >= 4 is 27.9 Å². The van der Waals surface area contributed by atoms with E-state index in [1.54, 1.807) is 24.3 Å². The van der Waals surface area contributed by atoms with Gasteiger partial charge in [0.1, 0.15) is 5.75 Å². The molecule has 0 aliphatic carbocycles. The Hall–Kier alpha value is -4.05. The molecule has 31 heavy (non-hydrogen) atoms. The fourth-order valence-corrected chi connectivity index (χ4v) is 3.27. The first-order valence-corrected chi connectivity index (χ1v) is 10.4. The van der Waals surface area contributed by atoms with Gasteiger partial charge in [0.15, 0.2) is 0 Å². The van der Waals surface area contributed by atoms with Crippen LogP contribution in [0.4, 0.5) is 5.69 Å². The maximum absolute atomic E-state index is 12.2. The molecule has 0 heterocycles. The molecule has 0 bridgehead atoms. The minimum Gasteiger partial charge on any atom is -0.423 e. The van der Waals surface area contributed by atoms with E-state index in [0.29, 0.717) is 5.56 Å². The molecule has 0 saturated carbocycles. The Kier molecular flexibility index (Phi) is 6.41. The summed E-state index contributed by atoms with van der Waals surface area (Å²) in [6, 6.07) is 17.7. The second-order valence-corrected chi connectivity index (χ2v) is 8.09. The third-order valence-electron chi connectivity index (χ3n) is 4.10. The van der Waals surface area contributed by atoms with Gasteiger partial charge < -0.3 is 4.74 Å². The first kappa shape index (κ1) is 21.7. The second kappa shape index (κ2) is 9.18. The van der Waals surface area contributed by atoms with Crippen molar-refractivity contribution in [2.75, 3.05) is 0 Å². The quantitative estimate of drug-likeness (QED) is 0.197. The zero-order valence-corrected chi connectivity index (χ0v) is 17.1. The molecule has 9 nitrogen and oxygen atoms in total. The lowest BCUT2D eigenvalue weighted by molar-refractivity contribution is -0.384. The Morgan fingerprint density at radius 3 is 2.39 bits per heavy atom. The molecule has 3 rings (SSSR count). The standard InChI is InChI=1S/C21H17N3O6S/c1-15-5-11-20(12-6-15)31(28,29)23-22-14-16-7-9-19(10-8-16)30-21(25)17-3-2-4-18(13-17)24(26)27/h2-14,23H,1H3/b22-14-. The van der Waals surface area contributed by atoms with Gasteiger partial charge in [-0.1, -0.05) is 23.8 Å². The van der Waals surface area contributed by atoms with Crippen molar-refractivity contribution in [1.29, 1.82) is 0 Å². The average Bonchev–Trinajstić information content (AvgIpc) is 2.75. The molecule has 1 N–H and O–H groups in total. The summed E-state index contributed by atoms with van der Waals surface area (Å²) in [7, 11) is -3.78. The van der Waals surface area contributed by atoms with Gasteiger partial charge in [0.05, 0.1) is 21.6 Å². The molecular weight excluding hydrogens is 422 g/mol. The highest BCUT2D eigenvalue weighted by molar-refractivity contribution is 7.89. The van der Waals surface area contributed by atoms with E-state index in [1.807, 2.05) is 6.92 Å². The van der Waals surface area contributed by atoms with Gasteiger partial charge >= 0.3 is 5.97 Å². The van der Waals surface area contributed by atoms with Crippen molar-refractivity contribution in [1.82, 2.24) is 4.83 Å². The van der Waals surface area contributed by atoms with E-state index in [2.05, 4.69) is 9.93 Å². The lowest BCUT2D eigenvalue weighted by atomic mass is 10.2. The molecule has 0 saturated heterocycles. The van der Waals surface area contributed by atoms with Gasteiger partial charge in [0, 0.05) is 12.1 Å². The Morgan fingerprint density at radius 2 is 1.74 bits per heavy atom. The van der Waals surface area contributed by atoms with Crippen LogP contribution in [0.15, 0.2) is 82.8 Å². The van der Waals surface area contributed by atoms with Crippen molar-refractivity contribution in [2.45, 2.75) is 11.8 Å². The molecule has 0 aliphatic rings. The number of rotatable bonds is 7. The molecule has 0 aliphatic heterocycles. The fourth-order valence-electron chi connectivity index (χ4n) is 2.47. The zero-order chi connectivity index (χ0) is 22.4. The first-order valence-electron chi connectivity index (χ1n) is 8.93. The Balaban J connectivity index is 1.62. The number of ether oxygens (including phenoxy) is 1. The van der Waals surface area contributed by atoms with Crippen LogP contribution in [0.3, 0.4) is 0 Å². The van der Waals surface area contributed by atoms with Crippen LogP contribution in [0.2, 0.25) is 0 Å². The molecule has 3 aromatic carbocycles. The molecule has 158 valence electrons. The molecular formula is C21H17N3O6S. The molecule has 0 aromatic heterocycles. The molecule has 0 amide bonds. The van der Waals surface area contributed by atoms with Gasteiger partial charge in [-0.25, -0.2) is 9.63 Å². The number of aryl methyl sites for hydroxylation is 1. The summed E-state index contributed by atoms with van der Waals surface area (Å²) < 4.78 is 29.6. The molecule has 10 heteroatoms. The summed E-state index contributed by atoms with van der Waals surface area (Å²) in [5.41, 5.74) is 1.33. The monoisotopic (exact) mass is 439 g/mol. The number of benzene rings is 3. The van der Waals surface area contributed by atoms with Crippen LogP contribution in [0.5, 0.6) is 5.75 Å². The number of nitro groups is 1. The van der Waals surface area contributed by atoms with Gasteiger partial charge in [0.2, 0.25) is 0 Å². The number of nitro benzene ring substituents is 1. The maximum atomic E-state index is 12.2. The highest BCUT2D eigenvalue weighted by Gasteiger charge is 2.14. The first-order chi connectivity index (χ1) is 14.7. The summed E-state index contributed by atoms with van der Waals surface area (Å²) in [6.45, 7) is 1.85. The highest BCUT2D eigenvalue weighted by atomic mass is 32.2. The predicted octanol–water partition coefficient (Wildman–Crippen LogP) is 3.43. The number of esters is 1. The van der Waals surface area contributed by atoms with E-state index in [9.17, 15) is 23.3 Å². The van der Waals surface area contributed by atoms with Gasteiger partial charge in [-0.3, -0.25) is 10.1 Å². The fraction of sp³-hybridized carbons (Fsp3) is 0.0476. The number of carbonyl (C=O) groups is 1. The average molecular weight is 439 g/mol. The summed E-state index contributed by atoms with van der Waals surface area (Å²) in [5, 5.41) is 14.6. The van der Waals surface area contributed by atoms with E-state index in [0.717, 1.165) is 11.6 Å². The van der Waals surface area contributed by atoms with E-state index in [4.69, 9.17) is 4.74 Å². The van der Waals surface area contributed by atoms with Crippen LogP contribution in [0.25, 0.3) is 0 Å². The molecule has 0 unspecified atom stereocenters. The van der Waals surface area contributed by atoms with Gasteiger partial charge in [-0.2, -0.15) is 13.5 Å². The Morgan fingerprint density at radius 1 is 1.06 bits per heavy atom. The second-order valence-electron chi connectivity index (χ2n) is 6.43. The van der Waals surface area contributed by atoms with Crippen LogP contribution in [0, 0.1) is 17.0 Å². The number of nitrogens with zero attached hydrogens (tertiary/aromatic N) is 2. The van der Waals surface area contributed by atoms with Crippen molar-refractivity contribution in [3.63, 3.8) is 0 Å². The number of sulfonamides is 1. The van der Waals surface area contributed by atoms with Crippen LogP contribution in [0.1, 0.15) is 21.5 Å². The maximum Gasteiger partial charge on any atom is 0.343 e. The number of hydrazone groups is 1. The summed E-state index contributed by atoms with van der Waals surface area (Å²) in [6.07, 6.45) is 1.30. The number of hydrogen-bond acceptors (Lipinski definition) is 7. The molecule has 3 aromatic rings. The molecule has 0 atom stereocenters. The van der Waals surface area contributed by atoms with Crippen molar-refractivity contribution in [3.8, 4) is 5.75 Å². The van der Waals surface area contributed by atoms with Crippen LogP contribution in [-0.4, -0.2) is 25.5 Å². The van der Waals surface area contributed by atoms with E-state index in [-0.39, 0.29) is 21.9 Å². The lowest BCUT2D eigenvalue weighted by Gasteiger charge is -2.05. The third-order valence-corrected chi connectivity index (χ3v) is 5.34. The lowest BCUT2D eigenvalue weighted by Crippen LogP contribution is -2.18. The number of non-ortho nitro benzene ring substituents is 1. The van der Waals surface area contributed by atoms with Crippen LogP contribution in [-0.2, 0) is 10.0 Å².